The molecule has 0 unspecified atom stereocenters. The van der Waals surface area contributed by atoms with Crippen molar-refractivity contribution in [2.75, 3.05) is 31.1 Å². The van der Waals surface area contributed by atoms with Gasteiger partial charge in [-0.25, -0.2) is 4.79 Å². The third-order valence-corrected chi connectivity index (χ3v) is 4.65. The Hall–Kier alpha value is -3.28. The summed E-state index contributed by atoms with van der Waals surface area (Å²) in [6.07, 6.45) is 0. The Balaban J connectivity index is 1.51. The Kier molecular flexibility index (Phi) is 4.08. The number of para-hydroxylation sites is 1. The number of fused-ring (bicyclic) bond motifs is 1. The van der Waals surface area contributed by atoms with E-state index < -0.39 is 5.63 Å². The van der Waals surface area contributed by atoms with Crippen molar-refractivity contribution in [2.24, 2.45) is 0 Å². The van der Waals surface area contributed by atoms with E-state index in [1.807, 2.05) is 24.3 Å². The Morgan fingerprint density at radius 3 is 2.38 bits per heavy atom. The first-order valence-corrected chi connectivity index (χ1v) is 8.48. The molecule has 1 fully saturated rings. The zero-order valence-electron chi connectivity index (χ0n) is 14.1. The van der Waals surface area contributed by atoms with Gasteiger partial charge >= 0.3 is 5.63 Å². The van der Waals surface area contributed by atoms with E-state index in [9.17, 15) is 14.7 Å². The average Bonchev–Trinajstić information content (AvgIpc) is 2.68. The molecule has 2 aromatic carbocycles. The number of rotatable bonds is 2. The minimum atomic E-state index is -0.602. The molecule has 0 atom stereocenters. The highest BCUT2D eigenvalue weighted by Crippen LogP contribution is 2.20. The van der Waals surface area contributed by atoms with Crippen LogP contribution in [0.25, 0.3) is 11.0 Å². The van der Waals surface area contributed by atoms with Crippen LogP contribution in [0.4, 0.5) is 5.69 Å². The molecule has 1 aliphatic rings. The molecule has 132 valence electrons. The summed E-state index contributed by atoms with van der Waals surface area (Å²) in [6.45, 7) is 2.36. The fourth-order valence-corrected chi connectivity index (χ4v) is 3.21. The van der Waals surface area contributed by atoms with Gasteiger partial charge in [0.25, 0.3) is 5.91 Å². The van der Waals surface area contributed by atoms with E-state index in [1.165, 1.54) is 0 Å². The number of benzene rings is 2. The maximum atomic E-state index is 12.8. The molecule has 0 saturated carbocycles. The first-order valence-electron chi connectivity index (χ1n) is 8.48. The smallest absolute Gasteiger partial charge is 0.349 e. The molecule has 0 spiro atoms. The molecule has 0 aliphatic carbocycles. The van der Waals surface area contributed by atoms with Crippen molar-refractivity contribution in [3.63, 3.8) is 0 Å². The number of aromatic hydroxyl groups is 1. The van der Waals surface area contributed by atoms with Crippen molar-refractivity contribution in [1.82, 2.24) is 4.90 Å². The van der Waals surface area contributed by atoms with Crippen molar-refractivity contribution in [2.45, 2.75) is 0 Å². The van der Waals surface area contributed by atoms with E-state index in [2.05, 4.69) is 4.90 Å². The van der Waals surface area contributed by atoms with Crippen molar-refractivity contribution < 1.29 is 14.3 Å². The molecule has 0 bridgehead atoms. The third-order valence-electron chi connectivity index (χ3n) is 4.65. The van der Waals surface area contributed by atoms with Crippen LogP contribution in [0.2, 0.25) is 0 Å². The van der Waals surface area contributed by atoms with E-state index >= 15 is 0 Å². The molecule has 1 saturated heterocycles. The minimum absolute atomic E-state index is 0.0711. The van der Waals surface area contributed by atoms with E-state index in [0.717, 1.165) is 11.1 Å². The molecule has 1 aliphatic heterocycles. The fraction of sp³-hybridized carbons (Fsp3) is 0.200. The van der Waals surface area contributed by atoms with Gasteiger partial charge in [0.1, 0.15) is 16.9 Å². The van der Waals surface area contributed by atoms with Gasteiger partial charge in [0, 0.05) is 37.3 Å². The first-order chi connectivity index (χ1) is 12.6. The maximum absolute atomic E-state index is 12.8. The lowest BCUT2D eigenvalue weighted by Crippen LogP contribution is -2.49. The lowest BCUT2D eigenvalue weighted by Gasteiger charge is -2.36. The molecule has 1 N–H and O–H groups in total. The Morgan fingerprint density at radius 2 is 1.65 bits per heavy atom. The molecule has 1 aromatic heterocycles. The summed E-state index contributed by atoms with van der Waals surface area (Å²) in [4.78, 5) is 28.8. The molecular formula is C20H18N2O4. The molecule has 0 radical (unpaired) electrons. The summed E-state index contributed by atoms with van der Waals surface area (Å²) in [7, 11) is 0. The predicted molar refractivity (Wildman–Crippen MR) is 98.7 cm³/mol. The Labute approximate surface area is 149 Å². The van der Waals surface area contributed by atoms with Gasteiger partial charge < -0.3 is 19.3 Å². The molecule has 2 heterocycles. The summed E-state index contributed by atoms with van der Waals surface area (Å²) in [5.74, 6) is -0.0690. The van der Waals surface area contributed by atoms with Crippen LogP contribution in [0.5, 0.6) is 5.75 Å². The van der Waals surface area contributed by atoms with Gasteiger partial charge in [-0.2, -0.15) is 0 Å². The van der Waals surface area contributed by atoms with Crippen LogP contribution in [0.1, 0.15) is 10.4 Å². The number of phenols is 1. The highest BCUT2D eigenvalue weighted by Gasteiger charge is 2.25. The molecule has 26 heavy (non-hydrogen) atoms. The minimum Gasteiger partial charge on any atom is -0.508 e. The van der Waals surface area contributed by atoms with E-state index in [0.29, 0.717) is 31.8 Å². The van der Waals surface area contributed by atoms with Gasteiger partial charge in [0.05, 0.1) is 0 Å². The number of piperazine rings is 1. The number of carbonyl (C=O) groups is 1. The van der Waals surface area contributed by atoms with Crippen molar-refractivity contribution >= 4 is 22.6 Å². The Bertz CT molecular complexity index is 1000. The second kappa shape index (κ2) is 6.55. The molecule has 1 amide bonds. The van der Waals surface area contributed by atoms with Gasteiger partial charge in [0.15, 0.2) is 0 Å². The van der Waals surface area contributed by atoms with Gasteiger partial charge in [-0.1, -0.05) is 18.2 Å². The van der Waals surface area contributed by atoms with Gasteiger partial charge in [-0.05, 0) is 36.4 Å². The number of phenolic OH excluding ortho intramolecular Hbond substituents is 1. The first kappa shape index (κ1) is 16.2. The average molecular weight is 350 g/mol. The molecule has 6 heteroatoms. The summed E-state index contributed by atoms with van der Waals surface area (Å²) in [6, 6.07) is 15.8. The zero-order chi connectivity index (χ0) is 18.1. The number of carbonyl (C=O) groups excluding carboxylic acids is 1. The molecule has 4 rings (SSSR count). The fourth-order valence-electron chi connectivity index (χ4n) is 3.21. The Morgan fingerprint density at radius 1 is 0.962 bits per heavy atom. The quantitative estimate of drug-likeness (QED) is 0.719. The zero-order valence-corrected chi connectivity index (χ0v) is 14.1. The lowest BCUT2D eigenvalue weighted by molar-refractivity contribution is 0.0742. The summed E-state index contributed by atoms with van der Waals surface area (Å²) < 4.78 is 5.27. The number of nitrogens with zero attached hydrogens (tertiary/aromatic N) is 2. The van der Waals surface area contributed by atoms with Gasteiger partial charge in [-0.15, -0.1) is 0 Å². The molecular weight excluding hydrogens is 332 g/mol. The van der Waals surface area contributed by atoms with Crippen LogP contribution in [-0.4, -0.2) is 42.1 Å². The standard InChI is InChI=1S/C20H18N2O4/c23-16-7-5-15(6-8-16)21-9-11-22(12-10-21)19(24)17-13-14-3-1-2-4-18(14)26-20(17)25/h1-8,13,23H,9-12H2. The largest absolute Gasteiger partial charge is 0.508 e. The van der Waals surface area contributed by atoms with Crippen LogP contribution in [0, 0.1) is 0 Å². The monoisotopic (exact) mass is 350 g/mol. The maximum Gasteiger partial charge on any atom is 0.349 e. The van der Waals surface area contributed by atoms with Crippen LogP contribution in [0.15, 0.2) is 63.8 Å². The van der Waals surface area contributed by atoms with Gasteiger partial charge in [-0.3, -0.25) is 4.79 Å². The molecule has 6 nitrogen and oxygen atoms in total. The van der Waals surface area contributed by atoms with Crippen LogP contribution in [-0.2, 0) is 0 Å². The van der Waals surface area contributed by atoms with E-state index in [-0.39, 0.29) is 17.2 Å². The summed E-state index contributed by atoms with van der Waals surface area (Å²) in [5.41, 5.74) is 0.947. The summed E-state index contributed by atoms with van der Waals surface area (Å²) >= 11 is 0. The SMILES string of the molecule is O=C(c1cc2ccccc2oc1=O)N1CCN(c2ccc(O)cc2)CC1. The lowest BCUT2D eigenvalue weighted by atomic mass is 10.1. The van der Waals surface area contributed by atoms with E-state index in [1.54, 1.807) is 35.2 Å². The van der Waals surface area contributed by atoms with Crippen molar-refractivity contribution in [3.05, 3.63) is 70.6 Å². The highest BCUT2D eigenvalue weighted by molar-refractivity contribution is 5.96. The number of anilines is 1. The summed E-state index contributed by atoms with van der Waals surface area (Å²) in [5, 5.41) is 10.1. The molecule has 3 aromatic rings. The van der Waals surface area contributed by atoms with Crippen molar-refractivity contribution in [3.8, 4) is 5.75 Å². The predicted octanol–water partition coefficient (Wildman–Crippen LogP) is 2.46. The number of amides is 1. The van der Waals surface area contributed by atoms with Crippen LogP contribution >= 0.6 is 0 Å². The second-order valence-electron chi connectivity index (χ2n) is 6.28. The van der Waals surface area contributed by atoms with Gasteiger partial charge in [0.2, 0.25) is 0 Å². The van der Waals surface area contributed by atoms with E-state index in [4.69, 9.17) is 4.42 Å². The third kappa shape index (κ3) is 3.01. The van der Waals surface area contributed by atoms with Crippen LogP contribution < -0.4 is 10.5 Å². The second-order valence-corrected chi connectivity index (χ2v) is 6.28. The number of hydrogen-bond donors (Lipinski definition) is 1. The van der Waals surface area contributed by atoms with Crippen LogP contribution in [0.3, 0.4) is 0 Å². The topological polar surface area (TPSA) is 74.0 Å². The van der Waals surface area contributed by atoms with Crippen molar-refractivity contribution in [1.29, 1.82) is 0 Å². The highest BCUT2D eigenvalue weighted by atomic mass is 16.4. The normalized spacial score (nSPS) is 14.6. The number of hydrogen-bond acceptors (Lipinski definition) is 5.